The third-order valence-electron chi connectivity index (χ3n) is 13.1. The van der Waals surface area contributed by atoms with E-state index in [0.29, 0.717) is 55.1 Å². The van der Waals surface area contributed by atoms with Crippen molar-refractivity contribution in [3.05, 3.63) is 47.0 Å². The fraction of sp³-hybridized carbons (Fsp3) is 0.600. The first kappa shape index (κ1) is 43.1. The van der Waals surface area contributed by atoms with E-state index in [1.54, 1.807) is 12.0 Å². The van der Waals surface area contributed by atoms with Gasteiger partial charge in [-0.3, -0.25) is 23.9 Å². The molecule has 61 heavy (non-hydrogen) atoms. The smallest absolute Gasteiger partial charge is 0.259 e. The van der Waals surface area contributed by atoms with E-state index < -0.39 is 56.6 Å². The Morgan fingerprint density at radius 1 is 1.03 bits per heavy atom. The Balaban J connectivity index is 1.14. The topological polar surface area (TPSA) is 177 Å². The van der Waals surface area contributed by atoms with Gasteiger partial charge in [0.15, 0.2) is 0 Å². The molecule has 2 N–H and O–H groups in total. The minimum Gasteiger partial charge on any atom is -0.496 e. The molecule has 3 aliphatic heterocycles. The van der Waals surface area contributed by atoms with Crippen LogP contribution in [0.15, 0.2) is 35.7 Å². The van der Waals surface area contributed by atoms with E-state index in [0.717, 1.165) is 66.6 Å². The number of fused-ring (bicyclic) bond motifs is 3. The number of methoxy groups -OCH3 is 1. The predicted molar refractivity (Wildman–Crippen MR) is 233 cm³/mol. The van der Waals surface area contributed by atoms with Crippen LogP contribution in [0.25, 0.3) is 21.6 Å². The number of hydrogen-bond donors (Lipinski definition) is 2. The standard InChI is InChI=1S/C45H58N6O8S2/c1-27(2)35-26-60-42(47-35)34-23-38(33-17-18-37(58-4)28(3)40(33)46-34)59-31-22-36-41(53)48-45(44(55)49-61(56,57)32-15-16-32)24-30(45)14-10-7-5-6-9-13-29(43(54)51(36)25-31)21-39(52)50-19-11-8-12-20-50/h10,14,17-18,23,26-27,29-32,36H,5-9,11-13,15-16,19-22,24-25H2,1-4H3,(H,48,53)(H,49,55)/b14-10-/t29-,30?,31-,36+,45-/m1/s1. The van der Waals surface area contributed by atoms with Crippen LogP contribution in [0.1, 0.15) is 114 Å². The molecule has 2 aliphatic carbocycles. The number of sulfonamides is 1. The molecule has 14 nitrogen and oxygen atoms in total. The van der Waals surface area contributed by atoms with Gasteiger partial charge < -0.3 is 24.6 Å². The molecule has 0 spiro atoms. The van der Waals surface area contributed by atoms with E-state index in [-0.39, 0.29) is 43.5 Å². The zero-order chi connectivity index (χ0) is 43.1. The zero-order valence-electron chi connectivity index (χ0n) is 35.6. The molecule has 0 radical (unpaired) electrons. The number of aromatic nitrogens is 2. The summed E-state index contributed by atoms with van der Waals surface area (Å²) >= 11 is 1.50. The molecule has 3 aromatic rings. The van der Waals surface area contributed by atoms with Crippen molar-refractivity contribution >= 4 is 55.9 Å². The number of carbonyl (C=O) groups is 4. The Bertz CT molecular complexity index is 2320. The first-order chi connectivity index (χ1) is 29.3. The third kappa shape index (κ3) is 9.16. The summed E-state index contributed by atoms with van der Waals surface area (Å²) in [6, 6.07) is 4.56. The van der Waals surface area contributed by atoms with Crippen molar-refractivity contribution in [3.63, 3.8) is 0 Å². The van der Waals surface area contributed by atoms with Gasteiger partial charge in [0, 0.05) is 60.2 Å². The first-order valence-electron chi connectivity index (χ1n) is 22.0. The third-order valence-corrected chi connectivity index (χ3v) is 15.8. The molecule has 1 aromatic carbocycles. The summed E-state index contributed by atoms with van der Waals surface area (Å²) in [4.78, 5) is 70.6. The van der Waals surface area contributed by atoms with Gasteiger partial charge in [-0.25, -0.2) is 18.4 Å². The Labute approximate surface area is 362 Å². The zero-order valence-corrected chi connectivity index (χ0v) is 37.2. The Kier molecular flexibility index (Phi) is 12.5. The second-order valence-corrected chi connectivity index (χ2v) is 20.7. The van der Waals surface area contributed by atoms with Gasteiger partial charge in [0.2, 0.25) is 27.7 Å². The Morgan fingerprint density at radius 3 is 2.52 bits per heavy atom. The molecule has 2 saturated heterocycles. The minimum absolute atomic E-state index is 0.0498. The molecular weight excluding hydrogens is 817 g/mol. The molecule has 8 rings (SSSR count). The van der Waals surface area contributed by atoms with Crippen LogP contribution in [0, 0.1) is 18.8 Å². The molecule has 5 aliphatic rings. The van der Waals surface area contributed by atoms with E-state index >= 15 is 0 Å². The molecule has 5 atom stereocenters. The number of piperidine rings is 1. The normalized spacial score (nSPS) is 26.8. The average Bonchev–Trinajstić information content (AvgIpc) is 4.12. The lowest BCUT2D eigenvalue weighted by Crippen LogP contribution is -2.57. The maximum atomic E-state index is 14.9. The Hall–Kier alpha value is -4.57. The van der Waals surface area contributed by atoms with Gasteiger partial charge >= 0.3 is 0 Å². The monoisotopic (exact) mass is 874 g/mol. The number of ether oxygens (including phenoxy) is 2. The first-order valence-corrected chi connectivity index (χ1v) is 24.4. The van der Waals surface area contributed by atoms with Crippen LogP contribution in [0.4, 0.5) is 0 Å². The van der Waals surface area contributed by atoms with Crippen molar-refractivity contribution in [2.45, 2.75) is 133 Å². The van der Waals surface area contributed by atoms with Crippen LogP contribution >= 0.6 is 11.3 Å². The van der Waals surface area contributed by atoms with Crippen molar-refractivity contribution in [1.82, 2.24) is 29.8 Å². The van der Waals surface area contributed by atoms with E-state index in [4.69, 9.17) is 19.4 Å². The van der Waals surface area contributed by atoms with Crippen LogP contribution in [-0.2, 0) is 29.2 Å². The molecular formula is C45H58N6O8S2. The van der Waals surface area contributed by atoms with E-state index in [2.05, 4.69) is 23.9 Å². The molecule has 1 unspecified atom stereocenters. The van der Waals surface area contributed by atoms with Crippen LogP contribution in [-0.4, -0.2) is 101 Å². The lowest BCUT2D eigenvalue weighted by Gasteiger charge is -2.31. The highest BCUT2D eigenvalue weighted by molar-refractivity contribution is 7.91. The second kappa shape index (κ2) is 17.7. The van der Waals surface area contributed by atoms with Crippen LogP contribution in [0.5, 0.6) is 11.5 Å². The van der Waals surface area contributed by atoms with Gasteiger partial charge in [0.25, 0.3) is 5.91 Å². The summed E-state index contributed by atoms with van der Waals surface area (Å²) in [5, 5.41) is 5.84. The summed E-state index contributed by atoms with van der Waals surface area (Å²) in [6.07, 6.45) is 11.2. The molecule has 16 heteroatoms. The molecule has 2 saturated carbocycles. The summed E-state index contributed by atoms with van der Waals surface area (Å²) < 4.78 is 40.8. The molecule has 0 bridgehead atoms. The van der Waals surface area contributed by atoms with E-state index in [1.165, 1.54) is 11.3 Å². The number of aryl methyl sites for hydroxylation is 1. The summed E-state index contributed by atoms with van der Waals surface area (Å²) in [7, 11) is -2.28. The van der Waals surface area contributed by atoms with Crippen molar-refractivity contribution in [1.29, 1.82) is 0 Å². The van der Waals surface area contributed by atoms with Gasteiger partial charge in [0.1, 0.15) is 39.9 Å². The maximum Gasteiger partial charge on any atom is 0.259 e. The number of allylic oxidation sites excluding steroid dienone is 1. The largest absolute Gasteiger partial charge is 0.496 e. The SMILES string of the molecule is COc1ccc2c(O[C@@H]3C[C@H]4C(=O)N[C@]5(C(=O)NS(=O)(=O)C6CC6)CC5/C=C\CCCCC[C@H](CC(=O)N5CCCCC5)C(=O)N4C3)cc(-c3nc(C(C)C)cs3)nc2c1C. The number of nitrogens with zero attached hydrogens (tertiary/aromatic N) is 4. The lowest BCUT2D eigenvalue weighted by atomic mass is 9.94. The van der Waals surface area contributed by atoms with Crippen LogP contribution < -0.4 is 19.5 Å². The molecule has 328 valence electrons. The summed E-state index contributed by atoms with van der Waals surface area (Å²) in [5.74, 6) is -1.32. The highest BCUT2D eigenvalue weighted by Gasteiger charge is 2.62. The number of pyridine rings is 1. The van der Waals surface area contributed by atoms with Crippen molar-refractivity contribution in [2.24, 2.45) is 11.8 Å². The number of thiazole rings is 1. The lowest BCUT2D eigenvalue weighted by molar-refractivity contribution is -0.145. The number of amides is 4. The van der Waals surface area contributed by atoms with Crippen LogP contribution in [0.3, 0.4) is 0 Å². The van der Waals surface area contributed by atoms with Gasteiger partial charge in [-0.2, -0.15) is 0 Å². The number of hydrogen-bond acceptors (Lipinski definition) is 11. The van der Waals surface area contributed by atoms with Crippen molar-refractivity contribution < 1.29 is 37.1 Å². The maximum absolute atomic E-state index is 14.9. The molecule has 4 fully saturated rings. The highest BCUT2D eigenvalue weighted by atomic mass is 32.2. The number of benzene rings is 1. The number of nitrogens with one attached hydrogen (secondary N) is 2. The number of rotatable bonds is 10. The van der Waals surface area contributed by atoms with Gasteiger partial charge in [0.05, 0.1) is 30.1 Å². The van der Waals surface area contributed by atoms with E-state index in [9.17, 15) is 27.6 Å². The molecule has 5 heterocycles. The summed E-state index contributed by atoms with van der Waals surface area (Å²) in [5.41, 5.74) is 1.59. The van der Waals surface area contributed by atoms with Crippen molar-refractivity contribution in [2.75, 3.05) is 26.7 Å². The average molecular weight is 875 g/mol. The minimum atomic E-state index is -3.89. The number of carbonyl (C=O) groups excluding carboxylic acids is 4. The van der Waals surface area contributed by atoms with E-state index in [1.807, 2.05) is 47.6 Å². The molecule has 4 amide bonds. The highest BCUT2D eigenvalue weighted by Crippen LogP contribution is 2.46. The fourth-order valence-corrected chi connectivity index (χ4v) is 11.4. The van der Waals surface area contributed by atoms with Gasteiger partial charge in [-0.15, -0.1) is 11.3 Å². The predicted octanol–water partition coefficient (Wildman–Crippen LogP) is 6.17. The fourth-order valence-electron chi connectivity index (χ4n) is 9.12. The number of likely N-dealkylation sites (tertiary alicyclic amines) is 1. The quantitative estimate of drug-likeness (QED) is 0.224. The second-order valence-electron chi connectivity index (χ2n) is 17.9. The molecule has 2 aromatic heterocycles. The van der Waals surface area contributed by atoms with Crippen molar-refractivity contribution in [3.8, 4) is 22.2 Å². The van der Waals surface area contributed by atoms with Crippen LogP contribution in [0.2, 0.25) is 0 Å². The summed E-state index contributed by atoms with van der Waals surface area (Å²) in [6.45, 7) is 7.52. The van der Waals surface area contributed by atoms with Gasteiger partial charge in [-0.05, 0) is 82.8 Å². The Morgan fingerprint density at radius 2 is 1.80 bits per heavy atom. The van der Waals surface area contributed by atoms with Gasteiger partial charge in [-0.1, -0.05) is 38.8 Å².